The number of fused-ring (bicyclic) bond motifs is 2. The van der Waals surface area contributed by atoms with Crippen LogP contribution in [0.4, 0.5) is 6.01 Å². The van der Waals surface area contributed by atoms with Crippen LogP contribution in [0.25, 0.3) is 11.1 Å². The van der Waals surface area contributed by atoms with Crippen molar-refractivity contribution < 1.29 is 9.15 Å². The van der Waals surface area contributed by atoms with Crippen LogP contribution in [0, 0.1) is 11.8 Å². The molecule has 1 aliphatic carbocycles. The molecule has 2 atom stereocenters. The van der Waals surface area contributed by atoms with Crippen LogP contribution in [0.5, 0.6) is 0 Å². The van der Waals surface area contributed by atoms with E-state index in [1.165, 1.54) is 6.42 Å². The summed E-state index contributed by atoms with van der Waals surface area (Å²) in [5.41, 5.74) is 1.74. The molecule has 2 aliphatic heterocycles. The van der Waals surface area contributed by atoms with E-state index in [0.717, 1.165) is 50.1 Å². The van der Waals surface area contributed by atoms with Crippen molar-refractivity contribution in [3.8, 4) is 0 Å². The zero-order valence-electron chi connectivity index (χ0n) is 15.3. The van der Waals surface area contributed by atoms with Gasteiger partial charge in [0.05, 0.1) is 6.26 Å². The summed E-state index contributed by atoms with van der Waals surface area (Å²) in [4.78, 5) is 13.7. The van der Waals surface area contributed by atoms with Gasteiger partial charge in [-0.05, 0) is 49.3 Å². The molecule has 0 spiro atoms. The first-order valence-electron chi connectivity index (χ1n) is 9.80. The summed E-state index contributed by atoms with van der Waals surface area (Å²) in [5.74, 6) is 1.26. The lowest BCUT2D eigenvalue weighted by Crippen LogP contribution is -2.42. The Labute approximate surface area is 158 Å². The molecule has 5 rings (SSSR count). The van der Waals surface area contributed by atoms with Gasteiger partial charge < -0.3 is 19.0 Å². The molecule has 0 bridgehead atoms. The van der Waals surface area contributed by atoms with E-state index in [9.17, 15) is 0 Å². The smallest absolute Gasteiger partial charge is 0.298 e. The van der Waals surface area contributed by atoms with Crippen molar-refractivity contribution in [3.63, 3.8) is 0 Å². The van der Waals surface area contributed by atoms with Crippen LogP contribution < -0.4 is 4.90 Å². The van der Waals surface area contributed by atoms with Crippen LogP contribution in [0.15, 0.2) is 58.3 Å². The fourth-order valence-corrected chi connectivity index (χ4v) is 3.73. The molecule has 1 saturated carbocycles. The van der Waals surface area contributed by atoms with Crippen molar-refractivity contribution in [1.29, 1.82) is 0 Å². The number of ether oxygens (including phenoxy) is 1. The Hall–Kier alpha value is -2.76. The molecule has 3 heterocycles. The number of nitrogens with zero attached hydrogens (tertiary/aromatic N) is 4. The molecular weight excluding hydrogens is 340 g/mol. The van der Waals surface area contributed by atoms with E-state index in [-0.39, 0.29) is 0 Å². The average Bonchev–Trinajstić information content (AvgIpc) is 3.23. The Kier molecular flexibility index (Phi) is 4.32. The first kappa shape index (κ1) is 16.4. The number of aromatic nitrogens is 1. The van der Waals surface area contributed by atoms with Gasteiger partial charge in [-0.1, -0.05) is 18.2 Å². The van der Waals surface area contributed by atoms with E-state index in [4.69, 9.17) is 9.15 Å². The molecule has 6 nitrogen and oxygen atoms in total. The molecule has 3 aliphatic rings. The summed E-state index contributed by atoms with van der Waals surface area (Å²) in [6.45, 7) is 3.56. The number of benzene rings is 1. The van der Waals surface area contributed by atoms with E-state index in [1.54, 1.807) is 0 Å². The summed E-state index contributed by atoms with van der Waals surface area (Å²) in [5, 5.41) is 0. The number of allylic oxidation sites excluding steroid dienone is 2. The molecule has 0 amide bonds. The molecular formula is C21H24N4O2. The number of hydrogen-bond donors (Lipinski definition) is 0. The minimum atomic E-state index is 0.623. The molecule has 2 fully saturated rings. The minimum absolute atomic E-state index is 0.623. The van der Waals surface area contributed by atoms with Gasteiger partial charge in [-0.25, -0.2) is 4.99 Å². The highest BCUT2D eigenvalue weighted by Gasteiger charge is 2.33. The van der Waals surface area contributed by atoms with Crippen molar-refractivity contribution >= 4 is 23.1 Å². The van der Waals surface area contributed by atoms with Gasteiger partial charge in [-0.3, -0.25) is 0 Å². The van der Waals surface area contributed by atoms with Gasteiger partial charge in [-0.15, -0.1) is 0 Å². The maximum Gasteiger partial charge on any atom is 0.298 e. The van der Waals surface area contributed by atoms with Crippen LogP contribution in [-0.4, -0.2) is 42.1 Å². The number of anilines is 1. The van der Waals surface area contributed by atoms with Crippen molar-refractivity contribution in [2.45, 2.75) is 19.3 Å². The van der Waals surface area contributed by atoms with Gasteiger partial charge in [0, 0.05) is 32.4 Å². The zero-order chi connectivity index (χ0) is 18.1. The van der Waals surface area contributed by atoms with Gasteiger partial charge in [0.2, 0.25) is 0 Å². The van der Waals surface area contributed by atoms with Gasteiger partial charge >= 0.3 is 0 Å². The topological polar surface area (TPSA) is 54.1 Å². The summed E-state index contributed by atoms with van der Waals surface area (Å²) >= 11 is 0. The highest BCUT2D eigenvalue weighted by atomic mass is 16.5. The van der Waals surface area contributed by atoms with E-state index in [1.807, 2.05) is 36.7 Å². The van der Waals surface area contributed by atoms with Crippen LogP contribution in [-0.2, 0) is 4.74 Å². The van der Waals surface area contributed by atoms with Gasteiger partial charge in [0.15, 0.2) is 5.58 Å². The maximum atomic E-state index is 5.97. The first-order valence-corrected chi connectivity index (χ1v) is 9.80. The Bertz CT molecular complexity index is 867. The van der Waals surface area contributed by atoms with Crippen molar-refractivity contribution in [3.05, 3.63) is 48.9 Å². The largest absolute Gasteiger partial charge is 0.434 e. The zero-order valence-corrected chi connectivity index (χ0v) is 15.3. The number of amidine groups is 1. The van der Waals surface area contributed by atoms with Crippen LogP contribution in [0.2, 0.25) is 0 Å². The Balaban J connectivity index is 1.31. The predicted molar refractivity (Wildman–Crippen MR) is 105 cm³/mol. The van der Waals surface area contributed by atoms with E-state index in [0.29, 0.717) is 23.9 Å². The molecule has 1 saturated heterocycles. The van der Waals surface area contributed by atoms with Crippen molar-refractivity contribution in [2.24, 2.45) is 16.8 Å². The SMILES string of the molecule is C1=C/C2CC2/C=C/OC(N2CCCCN(c3nc4ccccc4o3)CC2)=N/1. The third kappa shape index (κ3) is 3.56. The molecule has 1 aromatic carbocycles. The van der Waals surface area contributed by atoms with Gasteiger partial charge in [0.1, 0.15) is 5.52 Å². The highest BCUT2D eigenvalue weighted by molar-refractivity contribution is 5.76. The van der Waals surface area contributed by atoms with Gasteiger partial charge in [0.25, 0.3) is 12.0 Å². The lowest BCUT2D eigenvalue weighted by molar-refractivity contribution is 0.297. The van der Waals surface area contributed by atoms with E-state index in [2.05, 4.69) is 31.9 Å². The summed E-state index contributed by atoms with van der Waals surface area (Å²) in [6, 6.07) is 9.30. The molecule has 6 heteroatoms. The summed E-state index contributed by atoms with van der Waals surface area (Å²) in [7, 11) is 0. The molecule has 2 aromatic rings. The monoisotopic (exact) mass is 364 g/mol. The van der Waals surface area contributed by atoms with Crippen LogP contribution >= 0.6 is 0 Å². The minimum Gasteiger partial charge on any atom is -0.434 e. The maximum absolute atomic E-state index is 5.97. The lowest BCUT2D eigenvalue weighted by Gasteiger charge is -2.30. The molecule has 1 aromatic heterocycles. The summed E-state index contributed by atoms with van der Waals surface area (Å²) in [6.07, 6.45) is 11.4. The third-order valence-electron chi connectivity index (χ3n) is 5.48. The second-order valence-electron chi connectivity index (χ2n) is 7.41. The number of para-hydroxylation sites is 2. The Morgan fingerprint density at radius 3 is 2.67 bits per heavy atom. The Morgan fingerprint density at radius 2 is 1.74 bits per heavy atom. The first-order chi connectivity index (χ1) is 13.4. The number of hydrogen-bond acceptors (Lipinski definition) is 6. The standard InChI is InChI=1S/C21H24N4O2/c1-2-6-19-18(5-1)23-21(27-19)25-11-4-3-10-24(12-13-25)20-22-9-7-16-15-17(16)8-14-26-20/h1-2,5-9,14,16-17H,3-4,10-13,15H2/b9-7+,14-8+,22-20?. The normalized spacial score (nSPS) is 27.9. The Morgan fingerprint density at radius 1 is 0.926 bits per heavy atom. The average molecular weight is 364 g/mol. The highest BCUT2D eigenvalue weighted by Crippen LogP contribution is 2.41. The van der Waals surface area contributed by atoms with Crippen LogP contribution in [0.3, 0.4) is 0 Å². The molecule has 0 N–H and O–H groups in total. The molecule has 2 unspecified atom stereocenters. The van der Waals surface area contributed by atoms with Gasteiger partial charge in [-0.2, -0.15) is 4.98 Å². The van der Waals surface area contributed by atoms with Crippen molar-refractivity contribution in [2.75, 3.05) is 31.1 Å². The lowest BCUT2D eigenvalue weighted by atomic mass is 10.2. The van der Waals surface area contributed by atoms with E-state index < -0.39 is 0 Å². The summed E-state index contributed by atoms with van der Waals surface area (Å²) < 4.78 is 11.8. The number of aliphatic imine (C=N–C) groups is 1. The number of oxazole rings is 1. The second kappa shape index (κ2) is 7.10. The second-order valence-corrected chi connectivity index (χ2v) is 7.41. The van der Waals surface area contributed by atoms with Crippen molar-refractivity contribution in [1.82, 2.24) is 9.88 Å². The quantitative estimate of drug-likeness (QED) is 0.771. The number of rotatable bonds is 1. The fraction of sp³-hybridized carbons (Fsp3) is 0.429. The van der Waals surface area contributed by atoms with E-state index >= 15 is 0 Å². The fourth-order valence-electron chi connectivity index (χ4n) is 3.73. The third-order valence-corrected chi connectivity index (χ3v) is 5.48. The molecule has 0 radical (unpaired) electrons. The molecule has 27 heavy (non-hydrogen) atoms. The molecule has 140 valence electrons. The predicted octanol–water partition coefficient (Wildman–Crippen LogP) is 3.78. The van der Waals surface area contributed by atoms with Crippen LogP contribution in [0.1, 0.15) is 19.3 Å².